The van der Waals surface area contributed by atoms with E-state index in [1.807, 2.05) is 28.7 Å². The molecule has 2 rings (SSSR count). The summed E-state index contributed by atoms with van der Waals surface area (Å²) in [7, 11) is 2.15. The molecule has 0 radical (unpaired) electrons. The zero-order chi connectivity index (χ0) is 12.1. The first-order valence-electron chi connectivity index (χ1n) is 5.80. The average molecular weight is 250 g/mol. The fourth-order valence-corrected chi connectivity index (χ4v) is 2.45. The first-order chi connectivity index (χ1) is 8.25. The van der Waals surface area contributed by atoms with E-state index in [2.05, 4.69) is 29.0 Å². The van der Waals surface area contributed by atoms with Gasteiger partial charge in [-0.25, -0.2) is 4.98 Å². The Labute approximate surface area is 106 Å². The van der Waals surface area contributed by atoms with Crippen molar-refractivity contribution in [3.63, 3.8) is 0 Å². The number of aromatic nitrogens is 3. The van der Waals surface area contributed by atoms with E-state index >= 15 is 0 Å². The number of likely N-dealkylation sites (N-methyl/N-ethyl adjacent to an activating group) is 1. The molecule has 2 aromatic heterocycles. The maximum absolute atomic E-state index is 4.27. The van der Waals surface area contributed by atoms with Crippen LogP contribution in [0, 0.1) is 6.92 Å². The molecule has 0 aliphatic carbocycles. The summed E-state index contributed by atoms with van der Waals surface area (Å²) in [6, 6.07) is 1.96. The largest absolute Gasteiger partial charge is 0.304 e. The van der Waals surface area contributed by atoms with Crippen molar-refractivity contribution in [3.8, 4) is 0 Å². The number of hydrogen-bond donors (Lipinski definition) is 0. The van der Waals surface area contributed by atoms with E-state index in [-0.39, 0.29) is 0 Å². The van der Waals surface area contributed by atoms with Crippen molar-refractivity contribution in [3.05, 3.63) is 34.5 Å². The van der Waals surface area contributed by atoms with E-state index in [1.165, 1.54) is 10.6 Å². The summed E-state index contributed by atoms with van der Waals surface area (Å²) >= 11 is 1.75. The van der Waals surface area contributed by atoms with Crippen LogP contribution in [0.4, 0.5) is 0 Å². The molecule has 2 heterocycles. The van der Waals surface area contributed by atoms with Crippen molar-refractivity contribution in [1.82, 2.24) is 19.7 Å². The van der Waals surface area contributed by atoms with Gasteiger partial charge >= 0.3 is 0 Å². The topological polar surface area (TPSA) is 34.0 Å². The third kappa shape index (κ3) is 3.64. The lowest BCUT2D eigenvalue weighted by atomic mass is 10.3. The second kappa shape index (κ2) is 5.93. The van der Waals surface area contributed by atoms with Gasteiger partial charge < -0.3 is 4.90 Å². The first-order valence-corrected chi connectivity index (χ1v) is 6.68. The molecular weight excluding hydrogens is 232 g/mol. The van der Waals surface area contributed by atoms with Gasteiger partial charge in [0, 0.05) is 30.4 Å². The van der Waals surface area contributed by atoms with Crippen molar-refractivity contribution in [2.75, 3.05) is 20.1 Å². The minimum absolute atomic E-state index is 0.950. The normalized spacial score (nSPS) is 11.2. The van der Waals surface area contributed by atoms with Gasteiger partial charge in [0.15, 0.2) is 0 Å². The van der Waals surface area contributed by atoms with Crippen LogP contribution in [0.3, 0.4) is 0 Å². The molecule has 92 valence electrons. The molecule has 0 saturated heterocycles. The van der Waals surface area contributed by atoms with Crippen LogP contribution in [-0.4, -0.2) is 39.8 Å². The average Bonchev–Trinajstić information content (AvgIpc) is 2.95. The fourth-order valence-electron chi connectivity index (χ4n) is 1.68. The van der Waals surface area contributed by atoms with Crippen molar-refractivity contribution in [2.24, 2.45) is 0 Å². The number of aryl methyl sites for hydroxylation is 1. The van der Waals surface area contributed by atoms with Gasteiger partial charge in [-0.3, -0.25) is 4.68 Å². The number of thiazole rings is 1. The van der Waals surface area contributed by atoms with Gasteiger partial charge in [0.2, 0.25) is 0 Å². The first kappa shape index (κ1) is 12.3. The summed E-state index contributed by atoms with van der Waals surface area (Å²) < 4.78 is 1.97. The van der Waals surface area contributed by atoms with Crippen molar-refractivity contribution >= 4 is 11.3 Å². The van der Waals surface area contributed by atoms with E-state index < -0.39 is 0 Å². The zero-order valence-corrected chi connectivity index (χ0v) is 11.2. The highest BCUT2D eigenvalue weighted by Crippen LogP contribution is 2.12. The van der Waals surface area contributed by atoms with E-state index in [0.717, 1.165) is 26.1 Å². The zero-order valence-electron chi connectivity index (χ0n) is 10.3. The number of rotatable bonds is 6. The van der Waals surface area contributed by atoms with Crippen LogP contribution in [0.1, 0.15) is 10.6 Å². The molecule has 0 bridgehead atoms. The molecule has 0 fully saturated rings. The molecule has 0 aromatic carbocycles. The van der Waals surface area contributed by atoms with Crippen LogP contribution >= 0.6 is 11.3 Å². The third-order valence-electron chi connectivity index (χ3n) is 2.84. The van der Waals surface area contributed by atoms with Gasteiger partial charge in [0.1, 0.15) is 0 Å². The van der Waals surface area contributed by atoms with E-state index in [1.54, 1.807) is 11.3 Å². The maximum atomic E-state index is 4.27. The Morgan fingerprint density at radius 2 is 2.29 bits per heavy atom. The minimum atomic E-state index is 0.950. The standard InChI is InChI=1S/C12H18N4S/c1-11-12(17-10-13-11)4-7-15(2)8-9-16-6-3-5-14-16/h3,5-6,10H,4,7-9H2,1-2H3. The Balaban J connectivity index is 1.71. The van der Waals surface area contributed by atoms with Gasteiger partial charge in [-0.1, -0.05) is 0 Å². The predicted molar refractivity (Wildman–Crippen MR) is 70.3 cm³/mol. The summed E-state index contributed by atoms with van der Waals surface area (Å²) in [5, 5.41) is 4.19. The molecule has 0 N–H and O–H groups in total. The molecule has 0 aliphatic rings. The Morgan fingerprint density at radius 3 is 2.94 bits per heavy atom. The van der Waals surface area contributed by atoms with Crippen molar-refractivity contribution in [1.29, 1.82) is 0 Å². The molecule has 0 amide bonds. The van der Waals surface area contributed by atoms with Crippen molar-refractivity contribution in [2.45, 2.75) is 19.9 Å². The molecule has 0 spiro atoms. The lowest BCUT2D eigenvalue weighted by Gasteiger charge is -2.15. The van der Waals surface area contributed by atoms with Crippen molar-refractivity contribution < 1.29 is 0 Å². The fraction of sp³-hybridized carbons (Fsp3) is 0.500. The lowest BCUT2D eigenvalue weighted by Crippen LogP contribution is -2.25. The summed E-state index contributed by atoms with van der Waals surface area (Å²) in [4.78, 5) is 8.00. The monoisotopic (exact) mass is 250 g/mol. The quantitative estimate of drug-likeness (QED) is 0.784. The predicted octanol–water partition coefficient (Wildman–Crippen LogP) is 1.82. The third-order valence-corrected chi connectivity index (χ3v) is 3.83. The molecule has 17 heavy (non-hydrogen) atoms. The van der Waals surface area contributed by atoms with Crippen LogP contribution in [0.5, 0.6) is 0 Å². The molecule has 4 nitrogen and oxygen atoms in total. The van der Waals surface area contributed by atoms with Crippen LogP contribution < -0.4 is 0 Å². The molecule has 5 heteroatoms. The van der Waals surface area contributed by atoms with Gasteiger partial charge in [0.25, 0.3) is 0 Å². The van der Waals surface area contributed by atoms with E-state index in [9.17, 15) is 0 Å². The maximum Gasteiger partial charge on any atom is 0.0797 e. The molecule has 0 aliphatic heterocycles. The van der Waals surface area contributed by atoms with Crippen LogP contribution in [0.25, 0.3) is 0 Å². The molecule has 0 unspecified atom stereocenters. The second-order valence-electron chi connectivity index (χ2n) is 4.18. The summed E-state index contributed by atoms with van der Waals surface area (Å²) in [6.45, 7) is 5.13. The Morgan fingerprint density at radius 1 is 1.41 bits per heavy atom. The van der Waals surface area contributed by atoms with Crippen LogP contribution in [-0.2, 0) is 13.0 Å². The van der Waals surface area contributed by atoms with Gasteiger partial charge in [-0.15, -0.1) is 11.3 Å². The second-order valence-corrected chi connectivity index (χ2v) is 5.12. The summed E-state index contributed by atoms with van der Waals surface area (Å²) in [6.07, 6.45) is 4.91. The Hall–Kier alpha value is -1.20. The highest BCUT2D eigenvalue weighted by Gasteiger charge is 2.04. The summed E-state index contributed by atoms with van der Waals surface area (Å²) in [5.74, 6) is 0. The highest BCUT2D eigenvalue weighted by molar-refractivity contribution is 7.09. The molecular formula is C12H18N4S. The smallest absolute Gasteiger partial charge is 0.0797 e. The van der Waals surface area contributed by atoms with Crippen LogP contribution in [0.2, 0.25) is 0 Å². The van der Waals surface area contributed by atoms with E-state index in [0.29, 0.717) is 0 Å². The Bertz CT molecular complexity index is 435. The number of nitrogens with zero attached hydrogens (tertiary/aromatic N) is 4. The SMILES string of the molecule is Cc1ncsc1CCN(C)CCn1cccn1. The Kier molecular flexibility index (Phi) is 4.28. The molecule has 0 atom stereocenters. The van der Waals surface area contributed by atoms with Crippen LogP contribution in [0.15, 0.2) is 24.0 Å². The molecule has 2 aromatic rings. The summed E-state index contributed by atoms with van der Waals surface area (Å²) in [5.41, 5.74) is 3.10. The number of hydrogen-bond acceptors (Lipinski definition) is 4. The van der Waals surface area contributed by atoms with Gasteiger partial charge in [0.05, 0.1) is 17.7 Å². The lowest BCUT2D eigenvalue weighted by molar-refractivity contribution is 0.316. The van der Waals surface area contributed by atoms with E-state index in [4.69, 9.17) is 0 Å². The van der Waals surface area contributed by atoms with Gasteiger partial charge in [-0.2, -0.15) is 5.10 Å². The molecule has 0 saturated carbocycles. The minimum Gasteiger partial charge on any atom is -0.304 e. The van der Waals surface area contributed by atoms with Gasteiger partial charge in [-0.05, 0) is 26.5 Å². The highest BCUT2D eigenvalue weighted by atomic mass is 32.1.